The van der Waals surface area contributed by atoms with Crippen LogP contribution in [0.1, 0.15) is 30.8 Å². The van der Waals surface area contributed by atoms with E-state index in [-0.39, 0.29) is 36.5 Å². The van der Waals surface area contributed by atoms with E-state index < -0.39 is 0 Å². The van der Waals surface area contributed by atoms with E-state index in [4.69, 9.17) is 9.52 Å². The third-order valence-electron chi connectivity index (χ3n) is 5.82. The van der Waals surface area contributed by atoms with Crippen molar-refractivity contribution >= 4 is 17.5 Å². The van der Waals surface area contributed by atoms with Crippen LogP contribution in [0.2, 0.25) is 0 Å². The van der Waals surface area contributed by atoms with Gasteiger partial charge in [0, 0.05) is 37.3 Å². The number of para-hydroxylation sites is 1. The molecule has 3 heterocycles. The first kappa shape index (κ1) is 20.6. The number of aliphatic hydroxyl groups excluding tert-OH is 1. The number of fused-ring (bicyclic) bond motifs is 1. The predicted octanol–water partition coefficient (Wildman–Crippen LogP) is 1.22. The van der Waals surface area contributed by atoms with Gasteiger partial charge in [-0.05, 0) is 37.1 Å². The van der Waals surface area contributed by atoms with Crippen molar-refractivity contribution in [2.45, 2.75) is 50.5 Å². The molecule has 0 bridgehead atoms. The standard InChI is InChI=1S/C22H28N4O4/c27-14-19-8-7-18(30-19)12-23-16-10-20-22(29)24-11-17(26(20)13-16)6-9-21(28)25-15-4-2-1-3-5-15/h1-5,7-8,16-17,20,23,27H,6,9-14H2,(H,24,29)(H,25,28)/t16-,17+,20-/m0/s1. The smallest absolute Gasteiger partial charge is 0.237 e. The van der Waals surface area contributed by atoms with Crippen LogP contribution in [0.5, 0.6) is 0 Å². The molecular formula is C22H28N4O4. The van der Waals surface area contributed by atoms with Crippen LogP contribution in [-0.4, -0.2) is 53.0 Å². The molecule has 8 nitrogen and oxygen atoms in total. The maximum Gasteiger partial charge on any atom is 0.237 e. The first-order valence-electron chi connectivity index (χ1n) is 10.4. The normalized spacial score (nSPS) is 23.8. The zero-order valence-electron chi connectivity index (χ0n) is 16.8. The molecule has 2 aliphatic rings. The van der Waals surface area contributed by atoms with Crippen LogP contribution in [0.4, 0.5) is 5.69 Å². The Labute approximate surface area is 175 Å². The zero-order valence-corrected chi connectivity index (χ0v) is 16.8. The quantitative estimate of drug-likeness (QED) is 0.520. The third-order valence-corrected chi connectivity index (χ3v) is 5.82. The van der Waals surface area contributed by atoms with Gasteiger partial charge < -0.3 is 25.5 Å². The maximum atomic E-state index is 12.4. The van der Waals surface area contributed by atoms with Gasteiger partial charge in [0.15, 0.2) is 0 Å². The maximum absolute atomic E-state index is 12.4. The Kier molecular flexibility index (Phi) is 6.47. The number of carbonyl (C=O) groups excluding carboxylic acids is 2. The molecule has 0 saturated carbocycles. The number of nitrogens with one attached hydrogen (secondary N) is 3. The Morgan fingerprint density at radius 3 is 2.77 bits per heavy atom. The summed E-state index contributed by atoms with van der Waals surface area (Å²) < 4.78 is 5.52. The Hall–Kier alpha value is -2.68. The van der Waals surface area contributed by atoms with Crippen LogP contribution in [0, 0.1) is 0 Å². The number of carbonyl (C=O) groups is 2. The lowest BCUT2D eigenvalue weighted by atomic mass is 10.0. The van der Waals surface area contributed by atoms with Crippen LogP contribution in [0.25, 0.3) is 0 Å². The minimum atomic E-state index is -0.164. The molecule has 3 atom stereocenters. The Balaban J connectivity index is 1.29. The molecule has 2 aromatic rings. The van der Waals surface area contributed by atoms with Gasteiger partial charge in [0.05, 0.1) is 12.6 Å². The van der Waals surface area contributed by atoms with Crippen LogP contribution < -0.4 is 16.0 Å². The minimum absolute atomic E-state index is 0.0129. The number of benzene rings is 1. The third kappa shape index (κ3) is 4.89. The van der Waals surface area contributed by atoms with Crippen molar-refractivity contribution in [1.29, 1.82) is 0 Å². The molecule has 30 heavy (non-hydrogen) atoms. The first-order valence-corrected chi connectivity index (χ1v) is 10.4. The summed E-state index contributed by atoms with van der Waals surface area (Å²) in [6.07, 6.45) is 1.83. The average Bonchev–Trinajstić information content (AvgIpc) is 3.40. The van der Waals surface area contributed by atoms with Crippen LogP contribution >= 0.6 is 0 Å². The second-order valence-electron chi connectivity index (χ2n) is 7.90. The highest BCUT2D eigenvalue weighted by Gasteiger charge is 2.43. The molecule has 2 amide bonds. The van der Waals surface area contributed by atoms with Gasteiger partial charge in [-0.25, -0.2) is 0 Å². The van der Waals surface area contributed by atoms with E-state index in [2.05, 4.69) is 20.9 Å². The van der Waals surface area contributed by atoms with Crippen molar-refractivity contribution in [3.8, 4) is 0 Å². The van der Waals surface area contributed by atoms with E-state index in [1.165, 1.54) is 0 Å². The van der Waals surface area contributed by atoms with Gasteiger partial charge in [-0.3, -0.25) is 14.5 Å². The first-order chi connectivity index (χ1) is 14.6. The van der Waals surface area contributed by atoms with Gasteiger partial charge in [-0.15, -0.1) is 0 Å². The van der Waals surface area contributed by atoms with E-state index in [1.807, 2.05) is 36.4 Å². The van der Waals surface area contributed by atoms with Crippen molar-refractivity contribution in [2.75, 3.05) is 18.4 Å². The zero-order chi connectivity index (χ0) is 20.9. The van der Waals surface area contributed by atoms with Gasteiger partial charge in [0.25, 0.3) is 0 Å². The fraction of sp³-hybridized carbons (Fsp3) is 0.455. The summed E-state index contributed by atoms with van der Waals surface area (Å²) in [7, 11) is 0. The second-order valence-corrected chi connectivity index (χ2v) is 7.90. The van der Waals surface area contributed by atoms with Gasteiger partial charge in [0.2, 0.25) is 11.8 Å². The van der Waals surface area contributed by atoms with E-state index in [9.17, 15) is 9.59 Å². The minimum Gasteiger partial charge on any atom is -0.462 e. The molecular weight excluding hydrogens is 384 g/mol. The molecule has 0 aliphatic carbocycles. The molecule has 4 N–H and O–H groups in total. The van der Waals surface area contributed by atoms with Crippen LogP contribution in [0.15, 0.2) is 46.9 Å². The summed E-state index contributed by atoms with van der Waals surface area (Å²) in [6, 6.07) is 13.2. The number of hydrogen-bond acceptors (Lipinski definition) is 6. The fourth-order valence-corrected chi connectivity index (χ4v) is 4.28. The highest BCUT2D eigenvalue weighted by molar-refractivity contribution is 5.90. The molecule has 0 unspecified atom stereocenters. The lowest BCUT2D eigenvalue weighted by Crippen LogP contribution is -2.57. The number of furan rings is 1. The molecule has 1 aromatic carbocycles. The van der Waals surface area contributed by atoms with Crippen molar-refractivity contribution < 1.29 is 19.1 Å². The molecule has 1 aromatic heterocycles. The average molecular weight is 412 g/mol. The molecule has 2 fully saturated rings. The van der Waals surface area contributed by atoms with E-state index in [1.54, 1.807) is 6.07 Å². The van der Waals surface area contributed by atoms with Gasteiger partial charge in [0.1, 0.15) is 18.1 Å². The lowest BCUT2D eigenvalue weighted by molar-refractivity contribution is -0.129. The Bertz CT molecular complexity index is 869. The summed E-state index contributed by atoms with van der Waals surface area (Å²) >= 11 is 0. The van der Waals surface area contributed by atoms with Gasteiger partial charge in [-0.1, -0.05) is 18.2 Å². The van der Waals surface area contributed by atoms with Crippen molar-refractivity contribution in [1.82, 2.24) is 15.5 Å². The summed E-state index contributed by atoms with van der Waals surface area (Å²) in [5.74, 6) is 1.36. The largest absolute Gasteiger partial charge is 0.462 e. The monoisotopic (exact) mass is 412 g/mol. The number of rotatable bonds is 8. The molecule has 0 radical (unpaired) electrons. The van der Waals surface area contributed by atoms with Crippen LogP contribution in [-0.2, 0) is 22.7 Å². The molecule has 0 spiro atoms. The molecule has 160 valence electrons. The van der Waals surface area contributed by atoms with Gasteiger partial charge >= 0.3 is 0 Å². The van der Waals surface area contributed by atoms with E-state index >= 15 is 0 Å². The molecule has 8 heteroatoms. The topological polar surface area (TPSA) is 107 Å². The molecule has 4 rings (SSSR count). The summed E-state index contributed by atoms with van der Waals surface area (Å²) in [4.78, 5) is 26.9. The summed E-state index contributed by atoms with van der Waals surface area (Å²) in [5.41, 5.74) is 0.796. The summed E-state index contributed by atoms with van der Waals surface area (Å²) in [6.45, 7) is 1.77. The number of piperazine rings is 1. The summed E-state index contributed by atoms with van der Waals surface area (Å²) in [5, 5.41) is 18.5. The molecule has 2 saturated heterocycles. The highest BCUT2D eigenvalue weighted by atomic mass is 16.4. The number of amides is 2. The molecule has 2 aliphatic heterocycles. The number of nitrogens with zero attached hydrogens (tertiary/aromatic N) is 1. The fourth-order valence-electron chi connectivity index (χ4n) is 4.28. The second kappa shape index (κ2) is 9.42. The highest BCUT2D eigenvalue weighted by Crippen LogP contribution is 2.26. The lowest BCUT2D eigenvalue weighted by Gasteiger charge is -2.37. The predicted molar refractivity (Wildman–Crippen MR) is 111 cm³/mol. The SMILES string of the molecule is O=C(CC[C@@H]1CNC(=O)[C@@H]2C[C@H](NCc3ccc(CO)o3)CN12)Nc1ccccc1. The Morgan fingerprint density at radius 1 is 1.20 bits per heavy atom. The van der Waals surface area contributed by atoms with Crippen LogP contribution in [0.3, 0.4) is 0 Å². The van der Waals surface area contributed by atoms with Crippen molar-refractivity contribution in [3.05, 3.63) is 54.0 Å². The van der Waals surface area contributed by atoms with Crippen molar-refractivity contribution in [2.24, 2.45) is 0 Å². The number of hydrogen-bond donors (Lipinski definition) is 4. The number of anilines is 1. The van der Waals surface area contributed by atoms with E-state index in [0.29, 0.717) is 31.7 Å². The number of aliphatic hydroxyl groups is 1. The Morgan fingerprint density at radius 2 is 2.00 bits per heavy atom. The van der Waals surface area contributed by atoms with E-state index in [0.717, 1.165) is 24.4 Å². The van der Waals surface area contributed by atoms with Gasteiger partial charge in [-0.2, -0.15) is 0 Å². The van der Waals surface area contributed by atoms with Crippen molar-refractivity contribution in [3.63, 3.8) is 0 Å².